The molecule has 0 radical (unpaired) electrons. The monoisotopic (exact) mass is 455 g/mol. The van der Waals surface area contributed by atoms with Crippen molar-refractivity contribution in [2.24, 2.45) is 0 Å². The van der Waals surface area contributed by atoms with Gasteiger partial charge in [0.2, 0.25) is 11.9 Å². The maximum atomic E-state index is 12.6. The molecule has 0 saturated carbocycles. The first kappa shape index (κ1) is 20.8. The zero-order chi connectivity index (χ0) is 21.8. The van der Waals surface area contributed by atoms with Crippen LogP contribution in [0.25, 0.3) is 5.65 Å². The molecular formula is C19H17N7O3S2. The average Bonchev–Trinajstić information content (AvgIpc) is 3.17. The summed E-state index contributed by atoms with van der Waals surface area (Å²) in [6.45, 7) is 1.76. The second-order valence-electron chi connectivity index (χ2n) is 6.36. The molecule has 10 nitrogen and oxygen atoms in total. The van der Waals surface area contributed by atoms with Crippen molar-refractivity contribution in [1.82, 2.24) is 24.6 Å². The molecule has 1 atom stereocenters. The number of sulfonamides is 1. The van der Waals surface area contributed by atoms with Gasteiger partial charge in [-0.1, -0.05) is 17.8 Å². The molecular weight excluding hydrogens is 438 g/mol. The summed E-state index contributed by atoms with van der Waals surface area (Å²) in [7, 11) is -3.84. The van der Waals surface area contributed by atoms with Crippen molar-refractivity contribution in [2.75, 3.05) is 10.0 Å². The fourth-order valence-corrected chi connectivity index (χ4v) is 4.40. The highest BCUT2D eigenvalue weighted by atomic mass is 32.2. The Labute approximate surface area is 182 Å². The predicted molar refractivity (Wildman–Crippen MR) is 116 cm³/mol. The Balaban J connectivity index is 1.40. The Bertz CT molecular complexity index is 1310. The van der Waals surface area contributed by atoms with Gasteiger partial charge in [-0.15, -0.1) is 10.2 Å². The van der Waals surface area contributed by atoms with Crippen LogP contribution in [0, 0.1) is 0 Å². The van der Waals surface area contributed by atoms with E-state index >= 15 is 0 Å². The summed E-state index contributed by atoms with van der Waals surface area (Å²) in [5.41, 5.74) is 1.17. The van der Waals surface area contributed by atoms with Gasteiger partial charge in [0.25, 0.3) is 10.0 Å². The van der Waals surface area contributed by atoms with E-state index in [0.717, 1.165) is 0 Å². The molecule has 2 N–H and O–H groups in total. The number of benzene rings is 1. The summed E-state index contributed by atoms with van der Waals surface area (Å²) in [6, 6.07) is 13.0. The number of anilines is 2. The van der Waals surface area contributed by atoms with Crippen LogP contribution in [0.2, 0.25) is 0 Å². The lowest BCUT2D eigenvalue weighted by molar-refractivity contribution is -0.115. The molecule has 31 heavy (non-hydrogen) atoms. The number of hydrogen-bond acceptors (Lipinski definition) is 8. The molecule has 0 aliphatic carbocycles. The van der Waals surface area contributed by atoms with E-state index in [1.54, 1.807) is 17.4 Å². The molecule has 3 aromatic heterocycles. The van der Waals surface area contributed by atoms with Crippen molar-refractivity contribution >= 4 is 45.0 Å². The van der Waals surface area contributed by atoms with E-state index in [1.165, 1.54) is 48.4 Å². The standard InChI is InChI=1S/C19H17N7O3S2/c1-13(30-19-24-23-16-5-2-3-12-26(16)19)17(27)22-14-6-8-15(9-7-14)31(28,29)25-18-20-10-4-11-21-18/h2-13H,1H3,(H,22,27)(H,20,21,25)/t13-/m0/s1. The van der Waals surface area contributed by atoms with E-state index in [2.05, 4.69) is 30.2 Å². The number of aromatic nitrogens is 5. The van der Waals surface area contributed by atoms with E-state index in [9.17, 15) is 13.2 Å². The molecule has 0 unspecified atom stereocenters. The van der Waals surface area contributed by atoms with Crippen molar-refractivity contribution in [3.8, 4) is 0 Å². The van der Waals surface area contributed by atoms with Crippen molar-refractivity contribution < 1.29 is 13.2 Å². The molecule has 158 valence electrons. The normalized spacial score (nSPS) is 12.4. The maximum absolute atomic E-state index is 12.6. The highest BCUT2D eigenvalue weighted by Crippen LogP contribution is 2.23. The van der Waals surface area contributed by atoms with Crippen LogP contribution < -0.4 is 10.0 Å². The van der Waals surface area contributed by atoms with Crippen LogP contribution in [0.15, 0.2) is 77.2 Å². The minimum Gasteiger partial charge on any atom is -0.325 e. The van der Waals surface area contributed by atoms with Gasteiger partial charge in [-0.3, -0.25) is 9.20 Å². The fraction of sp³-hybridized carbons (Fsp3) is 0.105. The Morgan fingerprint density at radius 2 is 1.77 bits per heavy atom. The van der Waals surface area contributed by atoms with Crippen LogP contribution in [0.3, 0.4) is 0 Å². The first-order valence-corrected chi connectivity index (χ1v) is 11.5. The van der Waals surface area contributed by atoms with Gasteiger partial charge in [0.05, 0.1) is 10.1 Å². The third-order valence-electron chi connectivity index (χ3n) is 4.16. The van der Waals surface area contributed by atoms with Crippen LogP contribution in [0.5, 0.6) is 0 Å². The fourth-order valence-electron chi connectivity index (χ4n) is 2.60. The summed E-state index contributed by atoms with van der Waals surface area (Å²) in [5.74, 6) is -0.268. The van der Waals surface area contributed by atoms with E-state index in [0.29, 0.717) is 16.5 Å². The van der Waals surface area contributed by atoms with Gasteiger partial charge in [-0.25, -0.2) is 23.1 Å². The lowest BCUT2D eigenvalue weighted by atomic mass is 10.3. The summed E-state index contributed by atoms with van der Waals surface area (Å²) in [4.78, 5) is 20.3. The Kier molecular flexibility index (Phi) is 5.82. The molecule has 4 rings (SSSR count). The Hall–Kier alpha value is -3.51. The number of carbonyl (C=O) groups is 1. The molecule has 0 spiro atoms. The van der Waals surface area contributed by atoms with Gasteiger partial charge < -0.3 is 5.32 Å². The van der Waals surface area contributed by atoms with Crippen molar-refractivity contribution in [2.45, 2.75) is 22.2 Å². The third kappa shape index (κ3) is 4.81. The van der Waals surface area contributed by atoms with E-state index in [1.807, 2.05) is 24.4 Å². The molecule has 0 aliphatic heterocycles. The Morgan fingerprint density at radius 3 is 2.52 bits per heavy atom. The van der Waals surface area contributed by atoms with Crippen LogP contribution >= 0.6 is 11.8 Å². The number of carbonyl (C=O) groups excluding carboxylic acids is 1. The van der Waals surface area contributed by atoms with Gasteiger partial charge in [0, 0.05) is 24.3 Å². The van der Waals surface area contributed by atoms with Gasteiger partial charge in [0.1, 0.15) is 0 Å². The molecule has 12 heteroatoms. The van der Waals surface area contributed by atoms with Gasteiger partial charge in [-0.05, 0) is 49.4 Å². The van der Waals surface area contributed by atoms with E-state index in [-0.39, 0.29) is 16.8 Å². The number of amides is 1. The van der Waals surface area contributed by atoms with Crippen LogP contribution in [0.4, 0.5) is 11.6 Å². The van der Waals surface area contributed by atoms with E-state index < -0.39 is 15.3 Å². The number of nitrogens with one attached hydrogen (secondary N) is 2. The van der Waals surface area contributed by atoms with Crippen LogP contribution in [-0.2, 0) is 14.8 Å². The summed E-state index contributed by atoms with van der Waals surface area (Å²) >= 11 is 1.27. The topological polar surface area (TPSA) is 131 Å². The zero-order valence-corrected chi connectivity index (χ0v) is 17.8. The van der Waals surface area contributed by atoms with E-state index in [4.69, 9.17) is 0 Å². The number of hydrogen-bond donors (Lipinski definition) is 2. The van der Waals surface area contributed by atoms with Gasteiger partial charge in [0.15, 0.2) is 10.8 Å². The minimum absolute atomic E-state index is 0.0215. The molecule has 0 bridgehead atoms. The molecule has 0 fully saturated rings. The van der Waals surface area contributed by atoms with Crippen molar-refractivity contribution in [3.63, 3.8) is 0 Å². The summed E-state index contributed by atoms with van der Waals surface area (Å²) < 4.78 is 29.0. The number of thioether (sulfide) groups is 1. The Morgan fingerprint density at radius 1 is 1.03 bits per heavy atom. The van der Waals surface area contributed by atoms with Crippen molar-refractivity contribution in [3.05, 3.63) is 67.1 Å². The zero-order valence-electron chi connectivity index (χ0n) is 16.2. The molecule has 1 amide bonds. The third-order valence-corrected chi connectivity index (χ3v) is 6.56. The number of nitrogens with zero attached hydrogens (tertiary/aromatic N) is 5. The number of fused-ring (bicyclic) bond motifs is 1. The summed E-state index contributed by atoms with van der Waals surface area (Å²) in [6.07, 6.45) is 4.70. The van der Waals surface area contributed by atoms with Gasteiger partial charge in [-0.2, -0.15) is 0 Å². The average molecular weight is 456 g/mol. The molecule has 4 aromatic rings. The van der Waals surface area contributed by atoms with Crippen LogP contribution in [0.1, 0.15) is 6.92 Å². The smallest absolute Gasteiger partial charge is 0.264 e. The molecule has 0 saturated heterocycles. The highest BCUT2D eigenvalue weighted by Gasteiger charge is 2.19. The lowest BCUT2D eigenvalue weighted by Gasteiger charge is -2.12. The number of rotatable bonds is 7. The van der Waals surface area contributed by atoms with Crippen molar-refractivity contribution in [1.29, 1.82) is 0 Å². The van der Waals surface area contributed by atoms with Gasteiger partial charge >= 0.3 is 0 Å². The highest BCUT2D eigenvalue weighted by molar-refractivity contribution is 8.00. The van der Waals surface area contributed by atoms with Crippen LogP contribution in [-0.4, -0.2) is 44.1 Å². The number of pyridine rings is 1. The first-order chi connectivity index (χ1) is 14.9. The molecule has 3 heterocycles. The summed E-state index contributed by atoms with van der Waals surface area (Å²) in [5, 5.41) is 11.1. The lowest BCUT2D eigenvalue weighted by Crippen LogP contribution is -2.22. The quantitative estimate of drug-likeness (QED) is 0.406. The predicted octanol–water partition coefficient (Wildman–Crippen LogP) is 2.44. The molecule has 1 aromatic carbocycles. The largest absolute Gasteiger partial charge is 0.325 e. The molecule has 0 aliphatic rings. The maximum Gasteiger partial charge on any atom is 0.264 e. The SMILES string of the molecule is C[C@H](Sc1nnc2ccccn12)C(=O)Nc1ccc(S(=O)(=O)Nc2ncccn2)cc1. The first-order valence-electron chi connectivity index (χ1n) is 9.09. The minimum atomic E-state index is -3.84. The second kappa shape index (κ2) is 8.70. The second-order valence-corrected chi connectivity index (χ2v) is 9.35.